The lowest BCUT2D eigenvalue weighted by molar-refractivity contribution is -0.120. The smallest absolute Gasteiger partial charge is 0.271 e. The lowest BCUT2D eigenvalue weighted by Crippen LogP contribution is -2.46. The molecule has 154 valence electrons. The van der Waals surface area contributed by atoms with E-state index in [9.17, 15) is 9.59 Å². The van der Waals surface area contributed by atoms with Gasteiger partial charge in [0.05, 0.1) is 11.4 Å². The van der Waals surface area contributed by atoms with E-state index >= 15 is 0 Å². The highest BCUT2D eigenvalue weighted by molar-refractivity contribution is 8.14. The number of nitrogens with one attached hydrogen (secondary N) is 1. The molecule has 2 aliphatic rings. The maximum absolute atomic E-state index is 12.6. The molecule has 0 saturated carbocycles. The SMILES string of the molecule is CC(C)C1C(=O)N=C2c3ccccc3N=C(SCC(=O)NCc3ccccc3Cl)N21. The third-order valence-corrected chi connectivity index (χ3v) is 6.26. The van der Waals surface area contributed by atoms with Gasteiger partial charge in [-0.15, -0.1) is 0 Å². The predicted molar refractivity (Wildman–Crippen MR) is 121 cm³/mol. The zero-order valence-corrected chi connectivity index (χ0v) is 18.2. The maximum Gasteiger partial charge on any atom is 0.271 e. The van der Waals surface area contributed by atoms with Crippen LogP contribution in [0.5, 0.6) is 0 Å². The Balaban J connectivity index is 1.50. The van der Waals surface area contributed by atoms with E-state index < -0.39 is 6.04 Å². The predicted octanol–water partition coefficient (Wildman–Crippen LogP) is 4.00. The van der Waals surface area contributed by atoms with Crippen molar-refractivity contribution in [1.82, 2.24) is 10.2 Å². The minimum atomic E-state index is -0.411. The minimum absolute atomic E-state index is 0.0591. The van der Waals surface area contributed by atoms with E-state index in [0.29, 0.717) is 22.6 Å². The molecular formula is C22H21ClN4O2S. The highest BCUT2D eigenvalue weighted by Gasteiger charge is 2.43. The Hall–Kier alpha value is -2.64. The molecule has 0 fully saturated rings. The summed E-state index contributed by atoms with van der Waals surface area (Å²) in [6.07, 6.45) is 0. The maximum atomic E-state index is 12.6. The van der Waals surface area contributed by atoms with E-state index in [1.165, 1.54) is 11.8 Å². The number of amidine groups is 2. The van der Waals surface area contributed by atoms with Crippen LogP contribution >= 0.6 is 23.4 Å². The Labute approximate surface area is 184 Å². The monoisotopic (exact) mass is 440 g/mol. The van der Waals surface area contributed by atoms with Gasteiger partial charge in [0.1, 0.15) is 11.9 Å². The normalized spacial score (nSPS) is 17.4. The number of amides is 2. The molecule has 0 aromatic heterocycles. The van der Waals surface area contributed by atoms with Crippen LogP contribution < -0.4 is 5.32 Å². The van der Waals surface area contributed by atoms with Gasteiger partial charge in [-0.3, -0.25) is 14.5 Å². The Morgan fingerprint density at radius 3 is 2.67 bits per heavy atom. The van der Waals surface area contributed by atoms with Crippen LogP contribution in [0.15, 0.2) is 58.5 Å². The number of hydrogen-bond donors (Lipinski definition) is 1. The van der Waals surface area contributed by atoms with Gasteiger partial charge in [0, 0.05) is 17.1 Å². The van der Waals surface area contributed by atoms with Crippen molar-refractivity contribution in [3.8, 4) is 0 Å². The number of hydrogen-bond acceptors (Lipinski definition) is 5. The summed E-state index contributed by atoms with van der Waals surface area (Å²) in [5, 5.41) is 4.12. The number of para-hydroxylation sites is 1. The lowest BCUT2D eigenvalue weighted by Gasteiger charge is -2.32. The first-order valence-corrected chi connectivity index (χ1v) is 11.0. The average Bonchev–Trinajstić information content (AvgIpc) is 3.09. The number of thioether (sulfide) groups is 1. The molecule has 6 nitrogen and oxygen atoms in total. The third kappa shape index (κ3) is 4.00. The first kappa shape index (κ1) is 20.6. The highest BCUT2D eigenvalue weighted by atomic mass is 35.5. The van der Waals surface area contributed by atoms with Crippen LogP contribution in [0, 0.1) is 5.92 Å². The van der Waals surface area contributed by atoms with Gasteiger partial charge in [0.15, 0.2) is 5.17 Å². The number of carbonyl (C=O) groups excluding carboxylic acids is 2. The summed E-state index contributed by atoms with van der Waals surface area (Å²) in [6.45, 7) is 4.33. The molecule has 0 saturated heterocycles. The van der Waals surface area contributed by atoms with Crippen molar-refractivity contribution in [3.05, 3.63) is 64.7 Å². The van der Waals surface area contributed by atoms with Crippen molar-refractivity contribution < 1.29 is 9.59 Å². The molecule has 1 atom stereocenters. The van der Waals surface area contributed by atoms with E-state index in [4.69, 9.17) is 16.6 Å². The summed E-state index contributed by atoms with van der Waals surface area (Å²) in [5.41, 5.74) is 2.45. The van der Waals surface area contributed by atoms with Crippen LogP contribution in [0.1, 0.15) is 25.0 Å². The summed E-state index contributed by atoms with van der Waals surface area (Å²) in [4.78, 5) is 35.9. The second-order valence-electron chi connectivity index (χ2n) is 7.40. The second-order valence-corrected chi connectivity index (χ2v) is 8.75. The molecule has 8 heteroatoms. The fraction of sp³-hybridized carbons (Fsp3) is 0.273. The largest absolute Gasteiger partial charge is 0.351 e. The van der Waals surface area contributed by atoms with Crippen LogP contribution in [-0.2, 0) is 16.1 Å². The molecular weight excluding hydrogens is 420 g/mol. The fourth-order valence-electron chi connectivity index (χ4n) is 3.49. The number of nitrogens with zero attached hydrogens (tertiary/aromatic N) is 3. The number of fused-ring (bicyclic) bond motifs is 3. The number of aliphatic imine (C=N–C) groups is 2. The van der Waals surface area contributed by atoms with Crippen LogP contribution in [0.2, 0.25) is 5.02 Å². The molecule has 1 N–H and O–H groups in total. The Morgan fingerprint density at radius 2 is 1.90 bits per heavy atom. The van der Waals surface area contributed by atoms with Gasteiger partial charge in [-0.25, -0.2) is 4.99 Å². The molecule has 30 heavy (non-hydrogen) atoms. The number of rotatable bonds is 5. The number of carbonyl (C=O) groups is 2. The quantitative estimate of drug-likeness (QED) is 0.762. The fourth-order valence-corrected chi connectivity index (χ4v) is 4.55. The molecule has 1 unspecified atom stereocenters. The molecule has 2 aliphatic heterocycles. The van der Waals surface area contributed by atoms with Gasteiger partial charge in [0.25, 0.3) is 5.91 Å². The van der Waals surface area contributed by atoms with E-state index in [1.807, 2.05) is 61.2 Å². The van der Waals surface area contributed by atoms with Gasteiger partial charge in [-0.05, 0) is 29.7 Å². The summed E-state index contributed by atoms with van der Waals surface area (Å²) >= 11 is 7.45. The van der Waals surface area contributed by atoms with Crippen LogP contribution in [-0.4, -0.2) is 39.5 Å². The molecule has 2 amide bonds. The molecule has 0 radical (unpaired) electrons. The summed E-state index contributed by atoms with van der Waals surface area (Å²) < 4.78 is 0. The summed E-state index contributed by atoms with van der Waals surface area (Å²) in [5.74, 6) is 0.542. The number of halogens is 1. The van der Waals surface area contributed by atoms with E-state index in [-0.39, 0.29) is 23.5 Å². The Bertz CT molecular complexity index is 1070. The average molecular weight is 441 g/mol. The van der Waals surface area contributed by atoms with Crippen LogP contribution in [0.4, 0.5) is 5.69 Å². The first-order valence-electron chi connectivity index (χ1n) is 9.68. The van der Waals surface area contributed by atoms with Crippen molar-refractivity contribution in [3.63, 3.8) is 0 Å². The molecule has 0 bridgehead atoms. The Morgan fingerprint density at radius 1 is 1.17 bits per heavy atom. The Kier molecular flexibility index (Phi) is 5.92. The first-order chi connectivity index (χ1) is 14.5. The summed E-state index contributed by atoms with van der Waals surface area (Å²) in [6, 6.07) is 14.6. The van der Waals surface area contributed by atoms with E-state index in [0.717, 1.165) is 16.8 Å². The van der Waals surface area contributed by atoms with Gasteiger partial charge < -0.3 is 5.32 Å². The molecule has 0 aliphatic carbocycles. The van der Waals surface area contributed by atoms with Crippen molar-refractivity contribution in [2.45, 2.75) is 26.4 Å². The zero-order valence-electron chi connectivity index (χ0n) is 16.6. The van der Waals surface area contributed by atoms with Crippen molar-refractivity contribution in [1.29, 1.82) is 0 Å². The van der Waals surface area contributed by atoms with E-state index in [1.54, 1.807) is 6.07 Å². The minimum Gasteiger partial charge on any atom is -0.351 e. The third-order valence-electron chi connectivity index (χ3n) is 4.94. The van der Waals surface area contributed by atoms with Crippen molar-refractivity contribution in [2.75, 3.05) is 5.75 Å². The molecule has 2 heterocycles. The zero-order chi connectivity index (χ0) is 21.3. The molecule has 0 spiro atoms. The molecule has 2 aromatic carbocycles. The standard InChI is InChI=1S/C22H21ClN4O2S/c1-13(2)19-21(29)26-20-15-8-4-6-10-17(15)25-22(27(19)20)30-12-18(28)24-11-14-7-3-5-9-16(14)23/h3-10,13,19H,11-12H2,1-2H3,(H,24,28). The highest BCUT2D eigenvalue weighted by Crippen LogP contribution is 2.35. The molecule has 4 rings (SSSR count). The van der Waals surface area contributed by atoms with Crippen LogP contribution in [0.25, 0.3) is 0 Å². The van der Waals surface area contributed by atoms with Crippen LogP contribution in [0.3, 0.4) is 0 Å². The van der Waals surface area contributed by atoms with Gasteiger partial charge >= 0.3 is 0 Å². The van der Waals surface area contributed by atoms with Gasteiger partial charge in [-0.1, -0.05) is 67.5 Å². The van der Waals surface area contributed by atoms with Crippen molar-refractivity contribution in [2.24, 2.45) is 15.9 Å². The number of benzene rings is 2. The second kappa shape index (κ2) is 8.62. The van der Waals surface area contributed by atoms with Crippen molar-refractivity contribution >= 4 is 51.9 Å². The topological polar surface area (TPSA) is 74.1 Å². The van der Waals surface area contributed by atoms with Gasteiger partial charge in [-0.2, -0.15) is 4.99 Å². The van der Waals surface area contributed by atoms with Gasteiger partial charge in [0.2, 0.25) is 5.91 Å². The lowest BCUT2D eigenvalue weighted by atomic mass is 10.0. The van der Waals surface area contributed by atoms with E-state index in [2.05, 4.69) is 10.3 Å². The molecule has 2 aromatic rings. The summed E-state index contributed by atoms with van der Waals surface area (Å²) in [7, 11) is 0.